The highest BCUT2D eigenvalue weighted by Crippen LogP contribution is 2.18. The van der Waals surface area contributed by atoms with Gasteiger partial charge in [0.2, 0.25) is 11.8 Å². The fourth-order valence-corrected chi connectivity index (χ4v) is 3.09. The predicted octanol–water partition coefficient (Wildman–Crippen LogP) is 2.13. The van der Waals surface area contributed by atoms with Gasteiger partial charge >= 0.3 is 0 Å². The number of aromatic nitrogens is 3. The molecule has 3 heterocycles. The van der Waals surface area contributed by atoms with Crippen LogP contribution in [0.15, 0.2) is 22.9 Å². The highest BCUT2D eigenvalue weighted by molar-refractivity contribution is 5.76. The third kappa shape index (κ3) is 4.61. The number of carbonyl (C=O) groups is 1. The lowest BCUT2D eigenvalue weighted by Gasteiger charge is -2.23. The van der Waals surface area contributed by atoms with Crippen LogP contribution < -0.4 is 4.90 Å². The number of pyridine rings is 1. The quantitative estimate of drug-likeness (QED) is 0.797. The average Bonchev–Trinajstić information content (AvgIpc) is 3.03. The van der Waals surface area contributed by atoms with Gasteiger partial charge in [-0.25, -0.2) is 4.98 Å². The molecule has 1 amide bonds. The Hall–Kier alpha value is -2.95. The van der Waals surface area contributed by atoms with Crippen molar-refractivity contribution in [3.63, 3.8) is 0 Å². The summed E-state index contributed by atoms with van der Waals surface area (Å²) < 4.78 is 5.21. The lowest BCUT2D eigenvalue weighted by Crippen LogP contribution is -2.35. The van der Waals surface area contributed by atoms with E-state index in [9.17, 15) is 10.1 Å². The minimum Gasteiger partial charge on any atom is -0.354 e. The number of hydrogen-bond acceptors (Lipinski definition) is 7. The average molecular weight is 368 g/mol. The van der Waals surface area contributed by atoms with E-state index in [4.69, 9.17) is 4.52 Å². The number of amides is 1. The van der Waals surface area contributed by atoms with Crippen LogP contribution in [0.25, 0.3) is 0 Å². The van der Waals surface area contributed by atoms with E-state index >= 15 is 0 Å². The second kappa shape index (κ2) is 8.62. The summed E-state index contributed by atoms with van der Waals surface area (Å²) in [6.07, 6.45) is 3.34. The molecule has 3 rings (SSSR count). The van der Waals surface area contributed by atoms with Crippen LogP contribution in [0.2, 0.25) is 0 Å². The van der Waals surface area contributed by atoms with E-state index in [0.717, 1.165) is 13.0 Å². The zero-order chi connectivity index (χ0) is 19.2. The van der Waals surface area contributed by atoms with Gasteiger partial charge in [-0.2, -0.15) is 10.2 Å². The van der Waals surface area contributed by atoms with Gasteiger partial charge in [-0.15, -0.1) is 0 Å². The van der Waals surface area contributed by atoms with Gasteiger partial charge in [-0.05, 0) is 18.6 Å². The molecule has 8 nitrogen and oxygen atoms in total. The van der Waals surface area contributed by atoms with Crippen LogP contribution in [-0.4, -0.2) is 52.1 Å². The molecule has 2 aromatic heterocycles. The molecule has 0 spiro atoms. The molecular formula is C19H24N6O2. The zero-order valence-corrected chi connectivity index (χ0v) is 15.8. The lowest BCUT2D eigenvalue weighted by atomic mass is 10.2. The van der Waals surface area contributed by atoms with Crippen LogP contribution in [0.1, 0.15) is 49.9 Å². The Balaban J connectivity index is 1.55. The maximum Gasteiger partial charge on any atom is 0.227 e. The minimum absolute atomic E-state index is 0.0858. The molecule has 0 N–H and O–H groups in total. The van der Waals surface area contributed by atoms with Crippen molar-refractivity contribution < 1.29 is 9.32 Å². The van der Waals surface area contributed by atoms with Gasteiger partial charge < -0.3 is 14.3 Å². The Morgan fingerprint density at radius 2 is 2.19 bits per heavy atom. The normalized spacial score (nSPS) is 14.9. The first-order valence-electron chi connectivity index (χ1n) is 9.29. The minimum atomic E-state index is 0.0858. The maximum atomic E-state index is 12.6. The van der Waals surface area contributed by atoms with Gasteiger partial charge in [0.15, 0.2) is 5.82 Å². The van der Waals surface area contributed by atoms with Crippen molar-refractivity contribution in [1.29, 1.82) is 5.26 Å². The molecular weight excluding hydrogens is 344 g/mol. The smallest absolute Gasteiger partial charge is 0.227 e. The van der Waals surface area contributed by atoms with Crippen LogP contribution in [0, 0.1) is 11.3 Å². The van der Waals surface area contributed by atoms with Crippen molar-refractivity contribution in [2.75, 3.05) is 31.1 Å². The van der Waals surface area contributed by atoms with Crippen molar-refractivity contribution in [2.45, 2.75) is 39.0 Å². The monoisotopic (exact) mass is 368 g/mol. The molecule has 0 radical (unpaired) electrons. The summed E-state index contributed by atoms with van der Waals surface area (Å²) in [7, 11) is 0. The van der Waals surface area contributed by atoms with E-state index in [-0.39, 0.29) is 11.8 Å². The van der Waals surface area contributed by atoms with Crippen molar-refractivity contribution >= 4 is 11.7 Å². The zero-order valence-electron chi connectivity index (χ0n) is 15.8. The Labute approximate surface area is 158 Å². The van der Waals surface area contributed by atoms with Gasteiger partial charge in [-0.1, -0.05) is 19.0 Å². The van der Waals surface area contributed by atoms with Crippen molar-refractivity contribution in [1.82, 2.24) is 20.0 Å². The van der Waals surface area contributed by atoms with Crippen LogP contribution >= 0.6 is 0 Å². The molecule has 1 aliphatic rings. The molecule has 1 saturated heterocycles. The molecule has 2 aromatic rings. The molecule has 0 bridgehead atoms. The van der Waals surface area contributed by atoms with Crippen molar-refractivity contribution in [3.8, 4) is 6.07 Å². The molecule has 1 aliphatic heterocycles. The summed E-state index contributed by atoms with van der Waals surface area (Å²) in [6.45, 7) is 6.75. The number of nitrogens with zero attached hydrogens (tertiary/aromatic N) is 6. The first kappa shape index (κ1) is 18.8. The first-order chi connectivity index (χ1) is 13.1. The van der Waals surface area contributed by atoms with Crippen LogP contribution in [-0.2, 0) is 11.2 Å². The number of rotatable bonds is 5. The summed E-state index contributed by atoms with van der Waals surface area (Å²) in [4.78, 5) is 25.2. The SMILES string of the molecule is CC(C)c1noc(CCC(=O)N2CCCN(c3ncccc3C#N)CC2)n1. The summed E-state index contributed by atoms with van der Waals surface area (Å²) in [5.41, 5.74) is 0.564. The van der Waals surface area contributed by atoms with Gasteiger partial charge in [0.1, 0.15) is 11.9 Å². The number of aryl methyl sites for hydroxylation is 1. The van der Waals surface area contributed by atoms with Crippen LogP contribution in [0.5, 0.6) is 0 Å². The van der Waals surface area contributed by atoms with Gasteiger partial charge in [0.25, 0.3) is 0 Å². The number of anilines is 1. The van der Waals surface area contributed by atoms with E-state index in [1.165, 1.54) is 0 Å². The number of hydrogen-bond donors (Lipinski definition) is 0. The fraction of sp³-hybridized carbons (Fsp3) is 0.526. The molecule has 0 unspecified atom stereocenters. The summed E-state index contributed by atoms with van der Waals surface area (Å²) in [5.74, 6) is 2.17. The molecule has 0 aromatic carbocycles. The van der Waals surface area contributed by atoms with Crippen LogP contribution in [0.4, 0.5) is 5.82 Å². The third-order valence-corrected chi connectivity index (χ3v) is 4.61. The third-order valence-electron chi connectivity index (χ3n) is 4.61. The van der Waals surface area contributed by atoms with Gasteiger partial charge in [-0.3, -0.25) is 4.79 Å². The fourth-order valence-electron chi connectivity index (χ4n) is 3.09. The number of carbonyl (C=O) groups excluding carboxylic acids is 1. The van der Waals surface area contributed by atoms with Crippen LogP contribution in [0.3, 0.4) is 0 Å². The Bertz CT molecular complexity index is 826. The van der Waals surface area contributed by atoms with E-state index in [2.05, 4.69) is 26.1 Å². The molecule has 0 saturated carbocycles. The van der Waals surface area contributed by atoms with Gasteiger partial charge in [0.05, 0.1) is 5.56 Å². The standard InChI is InChI=1S/C19H24N6O2/c1-14(2)18-22-16(27-23-18)6-7-17(26)24-9-4-10-25(12-11-24)19-15(13-20)5-3-8-21-19/h3,5,8,14H,4,6-7,9-12H2,1-2H3. The lowest BCUT2D eigenvalue weighted by molar-refractivity contribution is -0.131. The van der Waals surface area contributed by atoms with Gasteiger partial charge in [0, 0.05) is 51.1 Å². The summed E-state index contributed by atoms with van der Waals surface area (Å²) in [5, 5.41) is 13.2. The molecule has 0 aliphatic carbocycles. The topological polar surface area (TPSA) is 99.2 Å². The molecule has 8 heteroatoms. The second-order valence-electron chi connectivity index (χ2n) is 6.91. The molecule has 0 atom stereocenters. The summed E-state index contributed by atoms with van der Waals surface area (Å²) >= 11 is 0. The number of nitriles is 1. The second-order valence-corrected chi connectivity index (χ2v) is 6.91. The first-order valence-corrected chi connectivity index (χ1v) is 9.29. The molecule has 142 valence electrons. The highest BCUT2D eigenvalue weighted by atomic mass is 16.5. The van der Waals surface area contributed by atoms with E-state index < -0.39 is 0 Å². The molecule has 27 heavy (non-hydrogen) atoms. The van der Waals surface area contributed by atoms with Crippen molar-refractivity contribution in [2.24, 2.45) is 0 Å². The summed E-state index contributed by atoms with van der Waals surface area (Å²) in [6, 6.07) is 5.72. The van der Waals surface area contributed by atoms with Crippen molar-refractivity contribution in [3.05, 3.63) is 35.6 Å². The van der Waals surface area contributed by atoms with E-state index in [1.807, 2.05) is 18.7 Å². The highest BCUT2D eigenvalue weighted by Gasteiger charge is 2.22. The largest absolute Gasteiger partial charge is 0.354 e. The Morgan fingerprint density at radius 3 is 2.93 bits per heavy atom. The molecule has 1 fully saturated rings. The van der Waals surface area contributed by atoms with E-state index in [0.29, 0.717) is 55.6 Å². The Kier molecular flexibility index (Phi) is 6.01. The Morgan fingerprint density at radius 1 is 1.33 bits per heavy atom. The maximum absolute atomic E-state index is 12.6. The predicted molar refractivity (Wildman–Crippen MR) is 99.1 cm³/mol. The van der Waals surface area contributed by atoms with E-state index in [1.54, 1.807) is 18.3 Å².